The molecule has 5 heteroatoms. The highest BCUT2D eigenvalue weighted by Gasteiger charge is 2.45. The van der Waals surface area contributed by atoms with Crippen LogP contribution in [0.5, 0.6) is 5.75 Å². The summed E-state index contributed by atoms with van der Waals surface area (Å²) in [5, 5.41) is 5.24. The highest BCUT2D eigenvalue weighted by Crippen LogP contribution is 2.38. The maximum Gasteiger partial charge on any atom is 0.237 e. The molecule has 0 spiro atoms. The first-order valence-corrected chi connectivity index (χ1v) is 7.53. The van der Waals surface area contributed by atoms with Gasteiger partial charge < -0.3 is 10.1 Å². The zero-order valence-corrected chi connectivity index (χ0v) is 14.0. The average Bonchev–Trinajstić information content (AvgIpc) is 2.52. The van der Waals surface area contributed by atoms with E-state index in [1.54, 1.807) is 7.11 Å². The number of hydrogen-bond donors (Lipinski definition) is 2. The number of methoxy groups -OCH3 is 1. The van der Waals surface area contributed by atoms with Gasteiger partial charge in [0.2, 0.25) is 11.8 Å². The van der Waals surface area contributed by atoms with Crippen LogP contribution >= 0.6 is 0 Å². The molecule has 1 aromatic carbocycles. The molecule has 0 radical (unpaired) electrons. The van der Waals surface area contributed by atoms with Gasteiger partial charge in [0.15, 0.2) is 0 Å². The van der Waals surface area contributed by atoms with Crippen LogP contribution in [0.3, 0.4) is 0 Å². The van der Waals surface area contributed by atoms with Crippen LogP contribution in [0.1, 0.15) is 32.3 Å². The molecule has 0 saturated carbocycles. The molecule has 2 unspecified atom stereocenters. The summed E-state index contributed by atoms with van der Waals surface area (Å²) in [6.45, 7) is 3.83. The Morgan fingerprint density at radius 1 is 1.36 bits per heavy atom. The first kappa shape index (κ1) is 18.2. The highest BCUT2D eigenvalue weighted by molar-refractivity contribution is 6.04. The Labute approximate surface area is 132 Å². The van der Waals surface area contributed by atoms with E-state index in [0.29, 0.717) is 12.8 Å². The second kappa shape index (κ2) is 7.94. The van der Waals surface area contributed by atoms with Crippen LogP contribution in [0.15, 0.2) is 24.3 Å². The zero-order valence-electron chi connectivity index (χ0n) is 14.0. The van der Waals surface area contributed by atoms with Gasteiger partial charge in [-0.15, -0.1) is 0 Å². The molecular weight excluding hydrogens is 280 g/mol. The van der Waals surface area contributed by atoms with Crippen molar-refractivity contribution in [1.29, 1.82) is 0 Å². The first-order chi connectivity index (χ1) is 10.4. The summed E-state index contributed by atoms with van der Waals surface area (Å²) in [7, 11) is 5.35. The Kier molecular flexibility index (Phi) is 6.56. The number of carbonyl (C=O) groups is 2. The van der Waals surface area contributed by atoms with Crippen LogP contribution in [0.25, 0.3) is 0 Å². The van der Waals surface area contributed by atoms with E-state index in [4.69, 9.17) is 4.74 Å². The second-order valence-corrected chi connectivity index (χ2v) is 5.59. The SMILES string of the molecule is CCC1(c2cccc(OC)c2)CC(C)C(=O)NC1=O.CNC. The van der Waals surface area contributed by atoms with E-state index in [2.05, 4.69) is 10.6 Å². The summed E-state index contributed by atoms with van der Waals surface area (Å²) in [5.41, 5.74) is 0.271. The van der Waals surface area contributed by atoms with Gasteiger partial charge in [0, 0.05) is 5.92 Å². The number of hydrogen-bond acceptors (Lipinski definition) is 4. The van der Waals surface area contributed by atoms with Crippen molar-refractivity contribution in [2.75, 3.05) is 21.2 Å². The van der Waals surface area contributed by atoms with E-state index in [1.165, 1.54) is 0 Å². The molecule has 1 aromatic rings. The van der Waals surface area contributed by atoms with Crippen molar-refractivity contribution in [1.82, 2.24) is 10.6 Å². The lowest BCUT2D eigenvalue weighted by Crippen LogP contribution is -2.54. The molecule has 2 N–H and O–H groups in total. The summed E-state index contributed by atoms with van der Waals surface area (Å²) < 4.78 is 5.22. The van der Waals surface area contributed by atoms with Crippen LogP contribution in [-0.4, -0.2) is 33.0 Å². The first-order valence-electron chi connectivity index (χ1n) is 7.53. The van der Waals surface area contributed by atoms with Gasteiger partial charge in [0.1, 0.15) is 5.75 Å². The molecule has 2 atom stereocenters. The fraction of sp³-hybridized carbons (Fsp3) is 0.529. The Bertz CT molecular complexity index is 530. The van der Waals surface area contributed by atoms with Crippen molar-refractivity contribution in [3.63, 3.8) is 0 Å². The maximum atomic E-state index is 12.3. The minimum absolute atomic E-state index is 0.163. The van der Waals surface area contributed by atoms with Gasteiger partial charge in [-0.1, -0.05) is 26.0 Å². The minimum Gasteiger partial charge on any atom is -0.497 e. The molecule has 0 aliphatic carbocycles. The summed E-state index contributed by atoms with van der Waals surface area (Å²) in [6, 6.07) is 7.53. The molecule has 1 saturated heterocycles. The number of benzene rings is 1. The van der Waals surface area contributed by atoms with E-state index < -0.39 is 5.41 Å². The summed E-state index contributed by atoms with van der Waals surface area (Å²) >= 11 is 0. The molecule has 22 heavy (non-hydrogen) atoms. The summed E-state index contributed by atoms with van der Waals surface area (Å²) in [5.74, 6) is 0.176. The monoisotopic (exact) mass is 306 g/mol. The molecule has 1 fully saturated rings. The van der Waals surface area contributed by atoms with Crippen LogP contribution in [0, 0.1) is 5.92 Å². The Balaban J connectivity index is 0.000000745. The van der Waals surface area contributed by atoms with E-state index in [1.807, 2.05) is 52.2 Å². The van der Waals surface area contributed by atoms with Crippen molar-refractivity contribution in [2.24, 2.45) is 5.92 Å². The molecule has 1 aliphatic heterocycles. The minimum atomic E-state index is -0.637. The third-order valence-corrected chi connectivity index (χ3v) is 4.00. The topological polar surface area (TPSA) is 67.4 Å². The molecule has 0 aromatic heterocycles. The van der Waals surface area contributed by atoms with Crippen LogP contribution < -0.4 is 15.4 Å². The van der Waals surface area contributed by atoms with Gasteiger partial charge in [-0.2, -0.15) is 0 Å². The molecule has 122 valence electrons. The van der Waals surface area contributed by atoms with Gasteiger partial charge in [0.25, 0.3) is 0 Å². The largest absolute Gasteiger partial charge is 0.497 e. The standard InChI is InChI=1S/C15H19NO3.C2H7N/c1-4-15(9-10(2)13(17)16-14(15)18)11-6-5-7-12(8-11)19-3;1-3-2/h5-8,10H,4,9H2,1-3H3,(H,16,17,18);3H,1-2H3. The summed E-state index contributed by atoms with van der Waals surface area (Å²) in [6.07, 6.45) is 1.20. The number of rotatable bonds is 3. The van der Waals surface area contributed by atoms with Crippen LogP contribution in [0.2, 0.25) is 0 Å². The highest BCUT2D eigenvalue weighted by atomic mass is 16.5. The molecular formula is C17H26N2O3. The lowest BCUT2D eigenvalue weighted by molar-refractivity contribution is -0.141. The van der Waals surface area contributed by atoms with Gasteiger partial charge in [-0.25, -0.2) is 0 Å². The fourth-order valence-corrected chi connectivity index (χ4v) is 2.74. The summed E-state index contributed by atoms with van der Waals surface area (Å²) in [4.78, 5) is 23.9. The number of imide groups is 1. The van der Waals surface area contributed by atoms with Gasteiger partial charge in [0.05, 0.1) is 12.5 Å². The molecule has 5 nitrogen and oxygen atoms in total. The van der Waals surface area contributed by atoms with E-state index in [0.717, 1.165) is 11.3 Å². The smallest absolute Gasteiger partial charge is 0.237 e. The normalized spacial score (nSPS) is 24.1. The number of nitrogens with one attached hydrogen (secondary N) is 2. The fourth-order valence-electron chi connectivity index (χ4n) is 2.74. The van der Waals surface area contributed by atoms with Gasteiger partial charge >= 0.3 is 0 Å². The number of carbonyl (C=O) groups excluding carboxylic acids is 2. The molecule has 2 amide bonds. The van der Waals surface area contributed by atoms with Crippen molar-refractivity contribution >= 4 is 11.8 Å². The predicted octanol–water partition coefficient (Wildman–Crippen LogP) is 1.86. The Morgan fingerprint density at radius 2 is 2.00 bits per heavy atom. The third-order valence-electron chi connectivity index (χ3n) is 4.00. The van der Waals surface area contributed by atoms with Crippen molar-refractivity contribution in [2.45, 2.75) is 32.1 Å². The lowest BCUT2D eigenvalue weighted by atomic mass is 9.69. The number of piperidine rings is 1. The van der Waals surface area contributed by atoms with E-state index in [-0.39, 0.29) is 17.7 Å². The van der Waals surface area contributed by atoms with Gasteiger partial charge in [-0.05, 0) is 44.6 Å². The second-order valence-electron chi connectivity index (χ2n) is 5.59. The maximum absolute atomic E-state index is 12.3. The van der Waals surface area contributed by atoms with Crippen molar-refractivity contribution in [3.8, 4) is 5.75 Å². The number of amides is 2. The van der Waals surface area contributed by atoms with E-state index >= 15 is 0 Å². The molecule has 2 rings (SSSR count). The quantitative estimate of drug-likeness (QED) is 0.837. The third kappa shape index (κ3) is 3.65. The van der Waals surface area contributed by atoms with E-state index in [9.17, 15) is 9.59 Å². The predicted molar refractivity (Wildman–Crippen MR) is 86.9 cm³/mol. The molecule has 1 heterocycles. The van der Waals surface area contributed by atoms with Crippen LogP contribution in [-0.2, 0) is 15.0 Å². The van der Waals surface area contributed by atoms with Crippen molar-refractivity contribution in [3.05, 3.63) is 29.8 Å². The lowest BCUT2D eigenvalue weighted by Gasteiger charge is -2.37. The number of ether oxygens (including phenoxy) is 1. The Morgan fingerprint density at radius 3 is 2.55 bits per heavy atom. The molecule has 0 bridgehead atoms. The van der Waals surface area contributed by atoms with Crippen LogP contribution in [0.4, 0.5) is 0 Å². The zero-order chi connectivity index (χ0) is 16.8. The molecule has 1 aliphatic rings. The van der Waals surface area contributed by atoms with Gasteiger partial charge in [-0.3, -0.25) is 14.9 Å². The average molecular weight is 306 g/mol. The Hall–Kier alpha value is -1.88. The van der Waals surface area contributed by atoms with Crippen molar-refractivity contribution < 1.29 is 14.3 Å².